The zero-order valence-corrected chi connectivity index (χ0v) is 16.4. The van der Waals surface area contributed by atoms with Crippen molar-refractivity contribution in [1.29, 1.82) is 0 Å². The number of hydrogen-bond donors (Lipinski definition) is 1. The Bertz CT molecular complexity index is 917. The van der Waals surface area contributed by atoms with Crippen molar-refractivity contribution in [2.75, 3.05) is 5.32 Å². The third-order valence-corrected chi connectivity index (χ3v) is 5.11. The number of nitrogens with one attached hydrogen (secondary N) is 1. The molecule has 5 heteroatoms. The lowest BCUT2D eigenvalue weighted by Gasteiger charge is -2.11. The number of amides is 1. The Morgan fingerprint density at radius 1 is 0.920 bits per heavy atom. The first-order valence-electron chi connectivity index (χ1n) is 7.76. The first-order chi connectivity index (χ1) is 12.0. The van der Waals surface area contributed by atoms with Crippen LogP contribution in [0.3, 0.4) is 0 Å². The summed E-state index contributed by atoms with van der Waals surface area (Å²) in [6, 6.07) is 20.7. The van der Waals surface area contributed by atoms with Gasteiger partial charge in [0.05, 0.1) is 4.83 Å². The second-order valence-electron chi connectivity index (χ2n) is 5.62. The van der Waals surface area contributed by atoms with Gasteiger partial charge in [0.25, 0.3) is 0 Å². The standard InChI is InChI=1S/C20H15Br2NO2/c21-15-10-8-14(9-11-15)20(25)17(22)12-19(24)23-18-7-3-5-13-4-1-2-6-16(13)18/h1-11,17H,12H2,(H,23,24). The third kappa shape index (κ3) is 4.35. The summed E-state index contributed by atoms with van der Waals surface area (Å²) in [5.74, 6) is -0.316. The maximum Gasteiger partial charge on any atom is 0.225 e. The summed E-state index contributed by atoms with van der Waals surface area (Å²) in [6.07, 6.45) is 0.0676. The zero-order chi connectivity index (χ0) is 17.8. The van der Waals surface area contributed by atoms with Crippen molar-refractivity contribution in [2.24, 2.45) is 0 Å². The smallest absolute Gasteiger partial charge is 0.225 e. The Labute approximate surface area is 162 Å². The van der Waals surface area contributed by atoms with Gasteiger partial charge in [-0.15, -0.1) is 0 Å². The van der Waals surface area contributed by atoms with Crippen molar-refractivity contribution in [3.05, 3.63) is 76.8 Å². The summed E-state index contributed by atoms with van der Waals surface area (Å²) in [5.41, 5.74) is 1.32. The molecule has 0 aromatic heterocycles. The molecule has 0 radical (unpaired) electrons. The highest BCUT2D eigenvalue weighted by molar-refractivity contribution is 9.10. The second kappa shape index (κ2) is 7.93. The van der Waals surface area contributed by atoms with Gasteiger partial charge in [0.1, 0.15) is 0 Å². The molecule has 3 nitrogen and oxygen atoms in total. The SMILES string of the molecule is O=C(CC(Br)C(=O)c1ccc(Br)cc1)Nc1cccc2ccccc12. The summed E-state index contributed by atoms with van der Waals surface area (Å²) in [7, 11) is 0. The number of rotatable bonds is 5. The van der Waals surface area contributed by atoms with Crippen LogP contribution >= 0.6 is 31.9 Å². The van der Waals surface area contributed by atoms with E-state index >= 15 is 0 Å². The zero-order valence-electron chi connectivity index (χ0n) is 13.2. The van der Waals surface area contributed by atoms with E-state index in [-0.39, 0.29) is 18.1 Å². The lowest BCUT2D eigenvalue weighted by Crippen LogP contribution is -2.22. The average Bonchev–Trinajstić information content (AvgIpc) is 2.62. The van der Waals surface area contributed by atoms with Gasteiger partial charge in [-0.2, -0.15) is 0 Å². The van der Waals surface area contributed by atoms with Gasteiger partial charge in [0.15, 0.2) is 5.78 Å². The predicted molar refractivity (Wildman–Crippen MR) is 108 cm³/mol. The molecule has 1 amide bonds. The van der Waals surface area contributed by atoms with Crippen molar-refractivity contribution in [3.8, 4) is 0 Å². The highest BCUT2D eigenvalue weighted by atomic mass is 79.9. The van der Waals surface area contributed by atoms with Crippen molar-refractivity contribution >= 4 is 60.0 Å². The summed E-state index contributed by atoms with van der Waals surface area (Å²) < 4.78 is 0.906. The highest BCUT2D eigenvalue weighted by Gasteiger charge is 2.20. The van der Waals surface area contributed by atoms with Crippen molar-refractivity contribution in [2.45, 2.75) is 11.2 Å². The van der Waals surface area contributed by atoms with Gasteiger partial charge in [-0.3, -0.25) is 9.59 Å². The van der Waals surface area contributed by atoms with Crippen LogP contribution in [0.25, 0.3) is 10.8 Å². The van der Waals surface area contributed by atoms with Crippen LogP contribution in [0.15, 0.2) is 71.2 Å². The van der Waals surface area contributed by atoms with E-state index in [1.165, 1.54) is 0 Å². The van der Waals surface area contributed by atoms with Crippen LogP contribution in [0.4, 0.5) is 5.69 Å². The Kier molecular flexibility index (Phi) is 5.66. The molecule has 0 fully saturated rings. The van der Waals surface area contributed by atoms with E-state index in [9.17, 15) is 9.59 Å². The molecule has 0 heterocycles. The number of fused-ring (bicyclic) bond motifs is 1. The molecule has 0 saturated carbocycles. The van der Waals surface area contributed by atoms with E-state index < -0.39 is 4.83 Å². The van der Waals surface area contributed by atoms with Gasteiger partial charge in [-0.1, -0.05) is 80.4 Å². The van der Waals surface area contributed by atoms with Crippen LogP contribution in [0.2, 0.25) is 0 Å². The van der Waals surface area contributed by atoms with Gasteiger partial charge in [-0.05, 0) is 23.6 Å². The first kappa shape index (κ1) is 17.8. The van der Waals surface area contributed by atoms with Gasteiger partial charge in [0, 0.05) is 27.5 Å². The minimum atomic E-state index is -0.566. The molecule has 3 aromatic carbocycles. The quantitative estimate of drug-likeness (QED) is 0.399. The number of carbonyl (C=O) groups excluding carboxylic acids is 2. The molecule has 0 spiro atoms. The molecule has 0 saturated heterocycles. The first-order valence-corrected chi connectivity index (χ1v) is 9.47. The summed E-state index contributed by atoms with van der Waals surface area (Å²) in [6.45, 7) is 0. The highest BCUT2D eigenvalue weighted by Crippen LogP contribution is 2.24. The van der Waals surface area contributed by atoms with Gasteiger partial charge in [0.2, 0.25) is 5.91 Å². The maximum atomic E-state index is 12.4. The van der Waals surface area contributed by atoms with Crippen LogP contribution in [-0.4, -0.2) is 16.5 Å². The molecule has 3 aromatic rings. The number of anilines is 1. The Morgan fingerprint density at radius 3 is 2.36 bits per heavy atom. The number of hydrogen-bond acceptors (Lipinski definition) is 2. The fourth-order valence-corrected chi connectivity index (χ4v) is 3.41. The van der Waals surface area contributed by atoms with Gasteiger partial charge in [-0.25, -0.2) is 0 Å². The van der Waals surface area contributed by atoms with Crippen LogP contribution < -0.4 is 5.32 Å². The number of ketones is 1. The lowest BCUT2D eigenvalue weighted by molar-refractivity contribution is -0.116. The molecular weight excluding hydrogens is 446 g/mol. The molecule has 1 N–H and O–H groups in total. The summed E-state index contributed by atoms with van der Waals surface area (Å²) in [5, 5.41) is 4.94. The van der Waals surface area contributed by atoms with E-state index in [2.05, 4.69) is 37.2 Å². The Hall–Kier alpha value is -1.98. The number of carbonyl (C=O) groups is 2. The fourth-order valence-electron chi connectivity index (χ4n) is 2.59. The molecule has 3 rings (SSSR count). The molecule has 0 aliphatic heterocycles. The van der Waals surface area contributed by atoms with Gasteiger partial charge >= 0.3 is 0 Å². The number of alkyl halides is 1. The van der Waals surface area contributed by atoms with Crippen LogP contribution in [0.5, 0.6) is 0 Å². The van der Waals surface area contributed by atoms with E-state index in [1.54, 1.807) is 12.1 Å². The second-order valence-corrected chi connectivity index (χ2v) is 7.64. The molecule has 25 heavy (non-hydrogen) atoms. The van der Waals surface area contributed by atoms with Crippen LogP contribution in [0.1, 0.15) is 16.8 Å². The average molecular weight is 461 g/mol. The number of benzene rings is 3. The van der Waals surface area contributed by atoms with Gasteiger partial charge < -0.3 is 5.32 Å². The van der Waals surface area contributed by atoms with Crippen LogP contribution in [-0.2, 0) is 4.79 Å². The molecule has 1 atom stereocenters. The van der Waals surface area contributed by atoms with Crippen LogP contribution in [0, 0.1) is 0 Å². The molecule has 0 bridgehead atoms. The van der Waals surface area contributed by atoms with E-state index in [4.69, 9.17) is 0 Å². The Morgan fingerprint density at radius 2 is 1.60 bits per heavy atom. The minimum Gasteiger partial charge on any atom is -0.325 e. The number of halogens is 2. The number of Topliss-reactive ketones (excluding diaryl/α,β-unsaturated/α-hetero) is 1. The summed E-state index contributed by atoms with van der Waals surface area (Å²) in [4.78, 5) is 24.2. The minimum absolute atomic E-state index is 0.0676. The Balaban J connectivity index is 1.69. The van der Waals surface area contributed by atoms with E-state index in [0.29, 0.717) is 5.56 Å². The largest absolute Gasteiger partial charge is 0.325 e. The lowest BCUT2D eigenvalue weighted by atomic mass is 10.1. The topological polar surface area (TPSA) is 46.2 Å². The molecule has 126 valence electrons. The molecule has 0 aliphatic carbocycles. The third-order valence-electron chi connectivity index (χ3n) is 3.84. The van der Waals surface area contributed by atoms with Crippen molar-refractivity contribution in [1.82, 2.24) is 0 Å². The van der Waals surface area contributed by atoms with E-state index in [0.717, 1.165) is 20.9 Å². The predicted octanol–water partition coefficient (Wildman–Crippen LogP) is 5.58. The van der Waals surface area contributed by atoms with Crippen molar-refractivity contribution < 1.29 is 9.59 Å². The molecule has 1 unspecified atom stereocenters. The monoisotopic (exact) mass is 459 g/mol. The fraction of sp³-hybridized carbons (Fsp3) is 0.100. The van der Waals surface area contributed by atoms with Crippen molar-refractivity contribution in [3.63, 3.8) is 0 Å². The maximum absolute atomic E-state index is 12.4. The van der Waals surface area contributed by atoms with E-state index in [1.807, 2.05) is 54.6 Å². The summed E-state index contributed by atoms with van der Waals surface area (Å²) >= 11 is 6.68. The molecule has 0 aliphatic rings. The normalized spacial score (nSPS) is 11.9. The molecular formula is C20H15Br2NO2.